The summed E-state index contributed by atoms with van der Waals surface area (Å²) >= 11 is 0. The summed E-state index contributed by atoms with van der Waals surface area (Å²) in [5, 5.41) is 7.25. The van der Waals surface area contributed by atoms with E-state index in [1.807, 2.05) is 24.5 Å². The molecule has 0 aromatic carbocycles. The largest absolute Gasteiger partial charge is 0.346 e. The second-order valence-electron chi connectivity index (χ2n) is 7.66. The molecule has 0 unspecified atom stereocenters. The number of pyridine rings is 1. The topological polar surface area (TPSA) is 88.0 Å². The van der Waals surface area contributed by atoms with E-state index in [1.165, 1.54) is 25.5 Å². The average Bonchev–Trinajstić information content (AvgIpc) is 3.32. The van der Waals surface area contributed by atoms with Crippen LogP contribution in [0.3, 0.4) is 0 Å². The second-order valence-corrected chi connectivity index (χ2v) is 7.66. The van der Waals surface area contributed by atoms with E-state index in [9.17, 15) is 13.6 Å². The highest BCUT2D eigenvalue weighted by Crippen LogP contribution is 2.31. The first-order valence-corrected chi connectivity index (χ1v) is 9.95. The fourth-order valence-corrected chi connectivity index (χ4v) is 3.82. The summed E-state index contributed by atoms with van der Waals surface area (Å²) in [6.07, 6.45) is 8.90. The molecule has 9 heteroatoms. The molecule has 1 saturated carbocycles. The zero-order valence-corrected chi connectivity index (χ0v) is 16.1. The molecule has 4 heterocycles. The van der Waals surface area contributed by atoms with Crippen molar-refractivity contribution >= 4 is 22.5 Å². The van der Waals surface area contributed by atoms with Gasteiger partial charge >= 0.3 is 0 Å². The van der Waals surface area contributed by atoms with Crippen LogP contribution in [0.5, 0.6) is 0 Å². The number of aromatic amines is 1. The SMILES string of the molecule is O=C(NCC(F)F)c1cnn2ccc(-c3c[nH]c4nc(CC5CCC5)ncc34)cc12. The molecular weight excluding hydrogens is 390 g/mol. The van der Waals surface area contributed by atoms with Crippen LogP contribution in [0.15, 0.2) is 36.9 Å². The lowest BCUT2D eigenvalue weighted by Crippen LogP contribution is -2.28. The summed E-state index contributed by atoms with van der Waals surface area (Å²) in [6, 6.07) is 3.70. The average molecular weight is 410 g/mol. The highest BCUT2D eigenvalue weighted by molar-refractivity contribution is 6.02. The van der Waals surface area contributed by atoms with Crippen molar-refractivity contribution in [1.82, 2.24) is 29.9 Å². The lowest BCUT2D eigenvalue weighted by molar-refractivity contribution is 0.0893. The van der Waals surface area contributed by atoms with Crippen LogP contribution in [0.1, 0.15) is 35.4 Å². The molecule has 0 bridgehead atoms. The van der Waals surface area contributed by atoms with Gasteiger partial charge in [0.15, 0.2) is 0 Å². The maximum atomic E-state index is 12.4. The van der Waals surface area contributed by atoms with Crippen molar-refractivity contribution in [3.05, 3.63) is 48.3 Å². The smallest absolute Gasteiger partial charge is 0.255 e. The predicted octanol–water partition coefficient (Wildman–Crippen LogP) is 3.61. The van der Waals surface area contributed by atoms with Crippen molar-refractivity contribution in [2.45, 2.75) is 32.1 Å². The van der Waals surface area contributed by atoms with Crippen LogP contribution in [0.4, 0.5) is 8.78 Å². The summed E-state index contributed by atoms with van der Waals surface area (Å²) in [4.78, 5) is 24.7. The number of carbonyl (C=O) groups is 1. The van der Waals surface area contributed by atoms with E-state index >= 15 is 0 Å². The third kappa shape index (κ3) is 3.40. The van der Waals surface area contributed by atoms with Gasteiger partial charge in [-0.25, -0.2) is 23.3 Å². The van der Waals surface area contributed by atoms with Gasteiger partial charge in [0.25, 0.3) is 12.3 Å². The molecule has 154 valence electrons. The van der Waals surface area contributed by atoms with E-state index in [0.29, 0.717) is 11.4 Å². The van der Waals surface area contributed by atoms with Crippen LogP contribution in [-0.4, -0.2) is 43.4 Å². The summed E-state index contributed by atoms with van der Waals surface area (Å²) < 4.78 is 26.4. The summed E-state index contributed by atoms with van der Waals surface area (Å²) in [6.45, 7) is -0.696. The number of aromatic nitrogens is 5. The molecule has 0 aliphatic heterocycles. The molecule has 1 aliphatic carbocycles. The van der Waals surface area contributed by atoms with Gasteiger partial charge in [0.1, 0.15) is 11.5 Å². The number of nitrogens with one attached hydrogen (secondary N) is 2. The molecule has 2 N–H and O–H groups in total. The van der Waals surface area contributed by atoms with Gasteiger partial charge in [-0.05, 0) is 23.6 Å². The third-order valence-corrected chi connectivity index (χ3v) is 5.67. The quantitative estimate of drug-likeness (QED) is 0.508. The fourth-order valence-electron chi connectivity index (χ4n) is 3.82. The monoisotopic (exact) mass is 410 g/mol. The van der Waals surface area contributed by atoms with E-state index < -0.39 is 18.9 Å². The van der Waals surface area contributed by atoms with Crippen molar-refractivity contribution in [3.63, 3.8) is 0 Å². The van der Waals surface area contributed by atoms with Crippen molar-refractivity contribution in [3.8, 4) is 11.1 Å². The molecule has 4 aromatic heterocycles. The minimum absolute atomic E-state index is 0.247. The summed E-state index contributed by atoms with van der Waals surface area (Å²) in [5.41, 5.74) is 3.32. The maximum Gasteiger partial charge on any atom is 0.255 e. The van der Waals surface area contributed by atoms with E-state index in [1.54, 1.807) is 10.7 Å². The Hall–Kier alpha value is -3.36. The number of carbonyl (C=O) groups excluding carboxylic acids is 1. The number of fused-ring (bicyclic) bond motifs is 2. The minimum atomic E-state index is -2.60. The number of hydrogen-bond donors (Lipinski definition) is 2. The lowest BCUT2D eigenvalue weighted by Gasteiger charge is -2.24. The van der Waals surface area contributed by atoms with Crippen molar-refractivity contribution in [1.29, 1.82) is 0 Å². The summed E-state index contributed by atoms with van der Waals surface area (Å²) in [7, 11) is 0. The Kier molecular flexibility index (Phi) is 4.65. The highest BCUT2D eigenvalue weighted by atomic mass is 19.3. The normalized spacial score (nSPS) is 14.5. The van der Waals surface area contributed by atoms with Crippen LogP contribution < -0.4 is 5.32 Å². The Balaban J connectivity index is 1.47. The number of H-pyrrole nitrogens is 1. The molecule has 0 spiro atoms. The van der Waals surface area contributed by atoms with Gasteiger partial charge in [-0.2, -0.15) is 5.10 Å². The number of amides is 1. The van der Waals surface area contributed by atoms with Crippen LogP contribution in [-0.2, 0) is 6.42 Å². The predicted molar refractivity (Wildman–Crippen MR) is 107 cm³/mol. The van der Waals surface area contributed by atoms with Gasteiger partial charge in [0.2, 0.25) is 0 Å². The molecule has 5 rings (SSSR count). The maximum absolute atomic E-state index is 12.4. The van der Waals surface area contributed by atoms with Crippen LogP contribution in [0.2, 0.25) is 0 Å². The van der Waals surface area contributed by atoms with Crippen LogP contribution in [0.25, 0.3) is 27.7 Å². The first-order chi connectivity index (χ1) is 14.6. The Morgan fingerprint density at radius 3 is 2.97 bits per heavy atom. The van der Waals surface area contributed by atoms with E-state index in [2.05, 4.69) is 25.4 Å². The molecule has 0 saturated heterocycles. The van der Waals surface area contributed by atoms with Crippen LogP contribution in [0, 0.1) is 5.92 Å². The standard InChI is InChI=1S/C21H20F2N6O/c22-18(23)11-26-21(30)16-10-27-29-5-4-13(7-17(16)29)14-8-25-20-15(14)9-24-19(28-20)6-12-2-1-3-12/h4-5,7-10,12,18H,1-3,6,11H2,(H,26,30)(H,24,25,28). The molecule has 1 aliphatic rings. The molecule has 0 atom stereocenters. The molecule has 4 aromatic rings. The van der Waals surface area contributed by atoms with Crippen LogP contribution >= 0.6 is 0 Å². The Bertz CT molecular complexity index is 1230. The zero-order valence-electron chi connectivity index (χ0n) is 16.1. The van der Waals surface area contributed by atoms with Crippen molar-refractivity contribution in [2.75, 3.05) is 6.54 Å². The fraction of sp³-hybridized carbons (Fsp3) is 0.333. The Labute approximate surface area is 170 Å². The molecule has 0 radical (unpaired) electrons. The highest BCUT2D eigenvalue weighted by Gasteiger charge is 2.20. The lowest BCUT2D eigenvalue weighted by atomic mass is 9.83. The summed E-state index contributed by atoms with van der Waals surface area (Å²) in [5.74, 6) is 0.964. The van der Waals surface area contributed by atoms with E-state index in [0.717, 1.165) is 34.4 Å². The van der Waals surface area contributed by atoms with Gasteiger partial charge in [-0.15, -0.1) is 0 Å². The number of rotatable bonds is 6. The Morgan fingerprint density at radius 1 is 1.33 bits per heavy atom. The first kappa shape index (κ1) is 18.7. The number of alkyl halides is 2. The van der Waals surface area contributed by atoms with Crippen molar-refractivity contribution < 1.29 is 13.6 Å². The third-order valence-electron chi connectivity index (χ3n) is 5.67. The van der Waals surface area contributed by atoms with Gasteiger partial charge in [0.05, 0.1) is 23.8 Å². The molecule has 7 nitrogen and oxygen atoms in total. The number of hydrogen-bond acceptors (Lipinski definition) is 4. The first-order valence-electron chi connectivity index (χ1n) is 9.95. The number of nitrogens with zero attached hydrogens (tertiary/aromatic N) is 4. The molecule has 1 amide bonds. The van der Waals surface area contributed by atoms with Crippen molar-refractivity contribution in [2.24, 2.45) is 5.92 Å². The van der Waals surface area contributed by atoms with Gasteiger partial charge in [-0.1, -0.05) is 19.3 Å². The van der Waals surface area contributed by atoms with E-state index in [4.69, 9.17) is 0 Å². The number of halogens is 2. The zero-order chi connectivity index (χ0) is 20.7. The van der Waals surface area contributed by atoms with Gasteiger partial charge in [-0.3, -0.25) is 4.79 Å². The minimum Gasteiger partial charge on any atom is -0.346 e. The second kappa shape index (κ2) is 7.47. The molecule has 1 fully saturated rings. The molecule has 30 heavy (non-hydrogen) atoms. The van der Waals surface area contributed by atoms with Gasteiger partial charge < -0.3 is 10.3 Å². The Morgan fingerprint density at radius 2 is 2.20 bits per heavy atom. The molecular formula is C21H20F2N6O. The van der Waals surface area contributed by atoms with Gasteiger partial charge in [0, 0.05) is 36.0 Å². The van der Waals surface area contributed by atoms with E-state index in [-0.39, 0.29) is 5.56 Å².